The number of H-pyrrole nitrogens is 1. The van der Waals surface area contributed by atoms with E-state index in [0.717, 1.165) is 72.3 Å². The molecule has 0 radical (unpaired) electrons. The van der Waals surface area contributed by atoms with Crippen LogP contribution in [0.3, 0.4) is 0 Å². The summed E-state index contributed by atoms with van der Waals surface area (Å²) in [5, 5.41) is 10.3. The molecule has 0 unspecified atom stereocenters. The molecular weight excluding hydrogens is 462 g/mol. The molecule has 0 atom stereocenters. The first-order chi connectivity index (χ1) is 17.1. The van der Waals surface area contributed by atoms with Crippen LogP contribution in [0.1, 0.15) is 24.1 Å². The molecule has 2 amide bonds. The van der Waals surface area contributed by atoms with Crippen molar-refractivity contribution in [1.82, 2.24) is 25.0 Å². The third-order valence-corrected chi connectivity index (χ3v) is 8.07. The van der Waals surface area contributed by atoms with Crippen LogP contribution in [-0.2, 0) is 20.9 Å². The van der Waals surface area contributed by atoms with Gasteiger partial charge in [-0.25, -0.2) is 0 Å². The van der Waals surface area contributed by atoms with Crippen molar-refractivity contribution < 1.29 is 14.3 Å². The molecule has 35 heavy (non-hydrogen) atoms. The zero-order valence-electron chi connectivity index (χ0n) is 19.5. The monoisotopic (exact) mass is 489 g/mol. The molecule has 2 aliphatic heterocycles. The first kappa shape index (κ1) is 22.2. The van der Waals surface area contributed by atoms with Gasteiger partial charge in [-0.3, -0.25) is 19.6 Å². The van der Waals surface area contributed by atoms with Crippen molar-refractivity contribution in [1.29, 1.82) is 0 Å². The maximum absolute atomic E-state index is 13.1. The molecule has 3 aromatic heterocycles. The van der Waals surface area contributed by atoms with Crippen LogP contribution in [0.15, 0.2) is 41.9 Å². The Balaban J connectivity index is 1.38. The van der Waals surface area contributed by atoms with E-state index in [1.54, 1.807) is 18.4 Å². The van der Waals surface area contributed by atoms with Gasteiger partial charge >= 0.3 is 0 Å². The third-order valence-electron chi connectivity index (χ3n) is 7.13. The van der Waals surface area contributed by atoms with E-state index in [4.69, 9.17) is 9.84 Å². The molecule has 2 aliphatic rings. The minimum atomic E-state index is -0.391. The second-order valence-electron chi connectivity index (χ2n) is 9.22. The number of piperidine rings is 1. The fourth-order valence-corrected chi connectivity index (χ4v) is 6.16. The molecule has 4 aromatic rings. The lowest BCUT2D eigenvalue weighted by Crippen LogP contribution is -2.37. The topological polar surface area (TPSA) is 92.2 Å². The summed E-state index contributed by atoms with van der Waals surface area (Å²) in [5.41, 5.74) is 4.01. The Hall–Kier alpha value is -3.27. The van der Waals surface area contributed by atoms with Crippen LogP contribution in [0, 0.1) is 5.92 Å². The number of likely N-dealkylation sites (tertiary alicyclic amines) is 1. The van der Waals surface area contributed by atoms with Crippen LogP contribution in [0.2, 0.25) is 0 Å². The molecule has 8 nitrogen and oxygen atoms in total. The third kappa shape index (κ3) is 3.89. The lowest BCUT2D eigenvalue weighted by molar-refractivity contribution is -0.122. The highest BCUT2D eigenvalue weighted by Crippen LogP contribution is 2.38. The number of para-hydroxylation sites is 1. The van der Waals surface area contributed by atoms with Gasteiger partial charge in [-0.05, 0) is 49.4 Å². The Morgan fingerprint density at radius 3 is 2.74 bits per heavy atom. The smallest absolute Gasteiger partial charge is 0.261 e. The molecule has 9 heteroatoms. The number of nitrogens with one attached hydrogen (secondary N) is 2. The number of ether oxygens (including phenoxy) is 1. The number of hydrogen-bond donors (Lipinski definition) is 2. The molecule has 1 fully saturated rings. The highest BCUT2D eigenvalue weighted by Gasteiger charge is 2.36. The molecule has 0 aliphatic carbocycles. The van der Waals surface area contributed by atoms with E-state index in [1.165, 1.54) is 0 Å². The Bertz CT molecular complexity index is 1450. The average Bonchev–Trinajstić information content (AvgIpc) is 3.62. The van der Waals surface area contributed by atoms with Crippen LogP contribution in [0.4, 0.5) is 0 Å². The van der Waals surface area contributed by atoms with Crippen LogP contribution in [0.5, 0.6) is 0 Å². The number of imide groups is 1. The minimum Gasteiger partial charge on any atom is -0.383 e. The highest BCUT2D eigenvalue weighted by molar-refractivity contribution is 7.17. The number of aromatic nitrogens is 3. The molecular formula is C26H27N5O3S. The van der Waals surface area contributed by atoms with E-state index in [1.807, 2.05) is 46.6 Å². The summed E-state index contributed by atoms with van der Waals surface area (Å²) in [7, 11) is 1.74. The van der Waals surface area contributed by atoms with Crippen molar-refractivity contribution in [2.45, 2.75) is 19.4 Å². The van der Waals surface area contributed by atoms with Crippen molar-refractivity contribution in [2.24, 2.45) is 5.92 Å². The minimum absolute atomic E-state index is 0.355. The van der Waals surface area contributed by atoms with Gasteiger partial charge in [-0.2, -0.15) is 5.10 Å². The number of thiophene rings is 1. The van der Waals surface area contributed by atoms with Crippen LogP contribution in [-0.4, -0.2) is 64.8 Å². The van der Waals surface area contributed by atoms with Gasteiger partial charge in [-0.15, -0.1) is 11.3 Å². The van der Waals surface area contributed by atoms with Crippen LogP contribution in [0.25, 0.3) is 32.3 Å². The number of hydrogen-bond acceptors (Lipinski definition) is 6. The zero-order chi connectivity index (χ0) is 23.9. The van der Waals surface area contributed by atoms with Crippen molar-refractivity contribution in [3.05, 3.63) is 53.2 Å². The van der Waals surface area contributed by atoms with Crippen LogP contribution >= 0.6 is 11.3 Å². The van der Waals surface area contributed by atoms with Gasteiger partial charge in [0, 0.05) is 37.3 Å². The van der Waals surface area contributed by atoms with Crippen LogP contribution < -0.4 is 5.32 Å². The molecule has 1 aromatic carbocycles. The van der Waals surface area contributed by atoms with Gasteiger partial charge < -0.3 is 14.6 Å². The van der Waals surface area contributed by atoms with E-state index < -0.39 is 5.91 Å². The highest BCUT2D eigenvalue weighted by atomic mass is 32.1. The van der Waals surface area contributed by atoms with Crippen molar-refractivity contribution in [2.75, 3.05) is 33.4 Å². The standard InChI is InChI=1S/C26H27N5O3S/c1-34-12-11-30-9-6-16(7-10-30)15-31-20-5-3-2-4-17(20)23(29-31)22-21(25(32)28-26(22)33)18-14-27-19-8-13-35-24(18)19/h2-5,8,13-14,16,27H,6-7,9-12,15H2,1H3,(H,28,32,33). The number of carbonyl (C=O) groups is 2. The van der Waals surface area contributed by atoms with E-state index in [0.29, 0.717) is 22.8 Å². The van der Waals surface area contributed by atoms with Gasteiger partial charge in [0.05, 0.1) is 33.5 Å². The summed E-state index contributed by atoms with van der Waals surface area (Å²) in [6.45, 7) is 4.62. The molecule has 0 saturated carbocycles. The SMILES string of the molecule is COCCN1CCC(Cn2nc(C3=C(c4c[nH]c5ccsc45)C(=O)NC3=O)c3ccccc32)CC1. The molecule has 2 N–H and O–H groups in total. The number of methoxy groups -OCH3 is 1. The summed E-state index contributed by atoms with van der Waals surface area (Å²) >= 11 is 1.55. The fraction of sp³-hybridized carbons (Fsp3) is 0.346. The van der Waals surface area contributed by atoms with Gasteiger partial charge in [0.25, 0.3) is 11.8 Å². The summed E-state index contributed by atoms with van der Waals surface area (Å²) in [4.78, 5) is 31.7. The number of amides is 2. The second kappa shape index (κ2) is 9.07. The largest absolute Gasteiger partial charge is 0.383 e. The normalized spacial score (nSPS) is 17.9. The number of carbonyl (C=O) groups excluding carboxylic acids is 2. The summed E-state index contributed by atoms with van der Waals surface area (Å²) < 4.78 is 8.21. The van der Waals surface area contributed by atoms with E-state index in [2.05, 4.69) is 15.2 Å². The molecule has 5 heterocycles. The maximum atomic E-state index is 13.1. The number of nitrogens with zero attached hydrogens (tertiary/aromatic N) is 3. The lowest BCUT2D eigenvalue weighted by atomic mass is 9.97. The van der Waals surface area contributed by atoms with E-state index in [-0.39, 0.29) is 5.91 Å². The number of fused-ring (bicyclic) bond motifs is 2. The summed E-state index contributed by atoms with van der Waals surface area (Å²) in [6, 6.07) is 9.95. The first-order valence-electron chi connectivity index (χ1n) is 12.0. The van der Waals surface area contributed by atoms with Crippen molar-refractivity contribution in [3.63, 3.8) is 0 Å². The second-order valence-corrected chi connectivity index (χ2v) is 10.1. The maximum Gasteiger partial charge on any atom is 0.261 e. The van der Waals surface area contributed by atoms with E-state index in [9.17, 15) is 9.59 Å². The lowest BCUT2D eigenvalue weighted by Gasteiger charge is -2.31. The first-order valence-corrected chi connectivity index (χ1v) is 12.8. The Morgan fingerprint density at radius 2 is 1.91 bits per heavy atom. The predicted molar refractivity (Wildman–Crippen MR) is 137 cm³/mol. The van der Waals surface area contributed by atoms with Gasteiger partial charge in [0.2, 0.25) is 0 Å². The molecule has 1 saturated heterocycles. The predicted octanol–water partition coefficient (Wildman–Crippen LogP) is 3.50. The Labute approximate surface area is 206 Å². The Kier molecular flexibility index (Phi) is 5.75. The number of rotatable bonds is 7. The van der Waals surface area contributed by atoms with E-state index >= 15 is 0 Å². The molecule has 180 valence electrons. The van der Waals surface area contributed by atoms with Crippen molar-refractivity contribution >= 4 is 55.4 Å². The van der Waals surface area contributed by atoms with Gasteiger partial charge in [0.1, 0.15) is 5.69 Å². The molecule has 6 rings (SSSR count). The van der Waals surface area contributed by atoms with Gasteiger partial charge in [-0.1, -0.05) is 18.2 Å². The number of aromatic amines is 1. The zero-order valence-corrected chi connectivity index (χ0v) is 20.4. The van der Waals surface area contributed by atoms with Crippen molar-refractivity contribution in [3.8, 4) is 0 Å². The molecule has 0 bridgehead atoms. The average molecular weight is 490 g/mol. The van der Waals surface area contributed by atoms with Gasteiger partial charge in [0.15, 0.2) is 0 Å². The number of benzene rings is 1. The quantitative estimate of drug-likeness (QED) is 0.388. The Morgan fingerprint density at radius 1 is 1.11 bits per heavy atom. The fourth-order valence-electron chi connectivity index (χ4n) is 5.28. The molecule has 0 spiro atoms. The summed E-state index contributed by atoms with van der Waals surface area (Å²) in [6.07, 6.45) is 4.00. The summed E-state index contributed by atoms with van der Waals surface area (Å²) in [5.74, 6) is -0.257.